The Kier molecular flexibility index (Phi) is 5.97. The minimum Gasteiger partial charge on any atom is -0.273 e. The van der Waals surface area contributed by atoms with Crippen LogP contribution < -0.4 is 5.43 Å². The number of thiophene rings is 1. The number of carbonyl (C=O) groups is 1. The average molecular weight is 492 g/mol. The van der Waals surface area contributed by atoms with Gasteiger partial charge in [0.15, 0.2) is 5.82 Å². The molecule has 0 spiro atoms. The predicted molar refractivity (Wildman–Crippen MR) is 136 cm³/mol. The lowest BCUT2D eigenvalue weighted by atomic mass is 9.99. The number of aromatic nitrogens is 3. The minimum absolute atomic E-state index is 0.0737. The molecule has 1 aromatic carbocycles. The van der Waals surface area contributed by atoms with Gasteiger partial charge in [-0.2, -0.15) is 5.10 Å². The zero-order valence-corrected chi connectivity index (χ0v) is 20.5. The van der Waals surface area contributed by atoms with E-state index in [4.69, 9.17) is 16.6 Å². The van der Waals surface area contributed by atoms with Crippen molar-refractivity contribution < 1.29 is 4.79 Å². The highest BCUT2D eigenvalue weighted by molar-refractivity contribution is 7.15. The van der Waals surface area contributed by atoms with Gasteiger partial charge in [0.05, 0.1) is 24.1 Å². The van der Waals surface area contributed by atoms with Crippen molar-refractivity contribution >= 4 is 46.5 Å². The molecule has 0 bridgehead atoms. The smallest absolute Gasteiger partial charge is 0.242 e. The Balaban J connectivity index is 1.55. The van der Waals surface area contributed by atoms with Gasteiger partial charge in [-0.3, -0.25) is 19.3 Å². The second-order valence-electron chi connectivity index (χ2n) is 8.11. The molecule has 2 aliphatic rings. The number of hydrogen-bond acceptors (Lipinski definition) is 7. The Morgan fingerprint density at radius 3 is 2.79 bits per heavy atom. The van der Waals surface area contributed by atoms with Gasteiger partial charge in [-0.1, -0.05) is 29.8 Å². The molecule has 10 heteroatoms. The van der Waals surface area contributed by atoms with Crippen LogP contribution in [0.15, 0.2) is 51.6 Å². The fourth-order valence-electron chi connectivity index (χ4n) is 3.99. The highest BCUT2D eigenvalue weighted by atomic mass is 35.5. The molecule has 0 aliphatic carbocycles. The van der Waals surface area contributed by atoms with Crippen LogP contribution in [0.3, 0.4) is 0 Å². The number of carbonyl (C=O) groups excluding carboxylic acids is 1. The van der Waals surface area contributed by atoms with Crippen LogP contribution in [0.2, 0.25) is 5.02 Å². The van der Waals surface area contributed by atoms with Crippen LogP contribution in [0.25, 0.3) is 5.00 Å². The number of aryl methyl sites for hydroxylation is 2. The molecule has 2 aromatic heterocycles. The number of halogens is 1. The molecule has 4 heterocycles. The second-order valence-corrected chi connectivity index (χ2v) is 9.75. The Morgan fingerprint density at radius 2 is 2.06 bits per heavy atom. The van der Waals surface area contributed by atoms with E-state index in [0.717, 1.165) is 38.9 Å². The van der Waals surface area contributed by atoms with Crippen molar-refractivity contribution in [3.05, 3.63) is 74.8 Å². The maximum Gasteiger partial charge on any atom is 0.242 e. The van der Waals surface area contributed by atoms with Gasteiger partial charge in [0, 0.05) is 33.6 Å². The minimum atomic E-state index is -0.535. The van der Waals surface area contributed by atoms with Crippen molar-refractivity contribution in [1.29, 1.82) is 0 Å². The fraction of sp³-hybridized carbons (Fsp3) is 0.250. The van der Waals surface area contributed by atoms with E-state index in [1.807, 2.05) is 41.8 Å². The van der Waals surface area contributed by atoms with Crippen LogP contribution in [-0.2, 0) is 4.79 Å². The Hall–Kier alpha value is -3.43. The quantitative estimate of drug-likeness (QED) is 0.415. The van der Waals surface area contributed by atoms with Gasteiger partial charge in [-0.15, -0.1) is 21.5 Å². The first-order valence-electron chi connectivity index (χ1n) is 10.8. The third-order valence-corrected chi connectivity index (χ3v) is 7.26. The van der Waals surface area contributed by atoms with Crippen LogP contribution in [-0.4, -0.2) is 38.3 Å². The monoisotopic (exact) mass is 491 g/mol. The molecule has 0 unspecified atom stereocenters. The maximum atomic E-state index is 12.8. The molecule has 3 aromatic rings. The molecular weight excluding hydrogens is 470 g/mol. The number of fused-ring (bicyclic) bond motifs is 3. The largest absolute Gasteiger partial charge is 0.273 e. The lowest BCUT2D eigenvalue weighted by molar-refractivity contribution is -0.121. The van der Waals surface area contributed by atoms with Crippen molar-refractivity contribution in [2.24, 2.45) is 15.1 Å². The van der Waals surface area contributed by atoms with Crippen molar-refractivity contribution in [2.45, 2.75) is 39.7 Å². The average Bonchev–Trinajstić information content (AvgIpc) is 3.51. The summed E-state index contributed by atoms with van der Waals surface area (Å²) in [6.07, 6.45) is 5.99. The molecule has 1 amide bonds. The van der Waals surface area contributed by atoms with E-state index in [9.17, 15) is 4.79 Å². The maximum absolute atomic E-state index is 12.8. The third-order valence-electron chi connectivity index (χ3n) is 5.81. The fourth-order valence-corrected chi connectivity index (χ4v) is 5.33. The molecule has 0 saturated heterocycles. The molecule has 8 nitrogen and oxygen atoms in total. The van der Waals surface area contributed by atoms with Crippen LogP contribution in [0, 0.1) is 20.8 Å². The summed E-state index contributed by atoms with van der Waals surface area (Å²) >= 11 is 7.82. The molecule has 1 atom stereocenters. The first-order chi connectivity index (χ1) is 16.4. The number of rotatable bonds is 5. The number of allylic oxidation sites excluding steroid dienone is 1. The van der Waals surface area contributed by atoms with E-state index in [1.54, 1.807) is 23.8 Å². The topological polar surface area (TPSA) is 96.9 Å². The zero-order valence-electron chi connectivity index (χ0n) is 18.9. The van der Waals surface area contributed by atoms with E-state index in [1.165, 1.54) is 4.88 Å². The standard InChI is InChI=1S/C24H22ClN7OS/c1-13-14(2)34-24-21(13)22(16-6-8-17(25)9-7-16)28-19(23-31-29-15(3)32(23)24)11-20(33)30-27-12-18-5-4-10-26-18/h4,6-10,12,19H,5,11H2,1-3H3,(H,30,33)/b27-12+/t19-/m0/s1. The number of benzene rings is 1. The van der Waals surface area contributed by atoms with E-state index in [-0.39, 0.29) is 12.3 Å². The number of nitrogens with zero attached hydrogens (tertiary/aromatic N) is 6. The molecule has 0 radical (unpaired) electrons. The first kappa shape index (κ1) is 22.4. The van der Waals surface area contributed by atoms with Gasteiger partial charge in [0.1, 0.15) is 16.9 Å². The summed E-state index contributed by atoms with van der Waals surface area (Å²) in [5.74, 6) is 1.12. The summed E-state index contributed by atoms with van der Waals surface area (Å²) in [5, 5.41) is 14.4. The van der Waals surface area contributed by atoms with Gasteiger partial charge < -0.3 is 0 Å². The summed E-state index contributed by atoms with van der Waals surface area (Å²) in [7, 11) is 0. The summed E-state index contributed by atoms with van der Waals surface area (Å²) in [6, 6.07) is 7.07. The van der Waals surface area contributed by atoms with E-state index in [0.29, 0.717) is 17.3 Å². The molecule has 2 aliphatic heterocycles. The molecule has 34 heavy (non-hydrogen) atoms. The van der Waals surface area contributed by atoms with Crippen molar-refractivity contribution in [1.82, 2.24) is 20.2 Å². The van der Waals surface area contributed by atoms with Crippen molar-refractivity contribution in [3.63, 3.8) is 0 Å². The Labute approximate surface area is 205 Å². The van der Waals surface area contributed by atoms with Gasteiger partial charge in [0.25, 0.3) is 0 Å². The molecule has 0 saturated carbocycles. The highest BCUT2D eigenvalue weighted by Crippen LogP contribution is 2.39. The van der Waals surface area contributed by atoms with E-state index in [2.05, 4.69) is 39.6 Å². The lowest BCUT2D eigenvalue weighted by Crippen LogP contribution is -2.21. The molecular formula is C24H22ClN7OS. The summed E-state index contributed by atoms with van der Waals surface area (Å²) in [4.78, 5) is 23.2. The van der Waals surface area contributed by atoms with Crippen LogP contribution >= 0.6 is 22.9 Å². The lowest BCUT2D eigenvalue weighted by Gasteiger charge is -2.12. The second kappa shape index (κ2) is 9.08. The predicted octanol–water partition coefficient (Wildman–Crippen LogP) is 4.65. The Morgan fingerprint density at radius 1 is 1.26 bits per heavy atom. The van der Waals surface area contributed by atoms with Gasteiger partial charge in [-0.25, -0.2) is 5.43 Å². The number of nitrogens with one attached hydrogen (secondary N) is 1. The van der Waals surface area contributed by atoms with Crippen LogP contribution in [0.1, 0.15) is 52.1 Å². The third kappa shape index (κ3) is 4.12. The Bertz CT molecular complexity index is 1400. The van der Waals surface area contributed by atoms with Gasteiger partial charge in [-0.05, 0) is 38.5 Å². The van der Waals surface area contributed by atoms with Crippen LogP contribution in [0.5, 0.6) is 0 Å². The molecule has 172 valence electrons. The number of amides is 1. The van der Waals surface area contributed by atoms with Crippen molar-refractivity contribution in [2.75, 3.05) is 0 Å². The summed E-state index contributed by atoms with van der Waals surface area (Å²) in [6.45, 7) is 6.11. The number of aliphatic imine (C=N–C) groups is 2. The first-order valence-corrected chi connectivity index (χ1v) is 12.0. The highest BCUT2D eigenvalue weighted by Gasteiger charge is 2.32. The number of hydrazone groups is 1. The van der Waals surface area contributed by atoms with Crippen molar-refractivity contribution in [3.8, 4) is 5.00 Å². The summed E-state index contributed by atoms with van der Waals surface area (Å²) < 4.78 is 2.02. The normalized spacial score (nSPS) is 16.8. The van der Waals surface area contributed by atoms with Gasteiger partial charge >= 0.3 is 0 Å². The van der Waals surface area contributed by atoms with Gasteiger partial charge in [0.2, 0.25) is 5.91 Å². The van der Waals surface area contributed by atoms with E-state index >= 15 is 0 Å². The van der Waals surface area contributed by atoms with Crippen LogP contribution in [0.4, 0.5) is 0 Å². The number of hydrogen-bond donors (Lipinski definition) is 1. The summed E-state index contributed by atoms with van der Waals surface area (Å²) in [5.41, 5.74) is 7.30. The molecule has 5 rings (SSSR count). The van der Waals surface area contributed by atoms with E-state index < -0.39 is 6.04 Å². The SMILES string of the molecule is Cc1sc2c(c1C)C(c1ccc(Cl)cc1)=N[C@@H](CC(=O)N/N=C/C1=NC=CC1)c1nnc(C)n1-2. The molecule has 0 fully saturated rings. The molecule has 1 N–H and O–H groups in total. The zero-order chi connectivity index (χ0) is 23.8.